The molecule has 0 spiro atoms. The van der Waals surface area contributed by atoms with Gasteiger partial charge in [-0.1, -0.05) is 11.6 Å². The van der Waals surface area contributed by atoms with Crippen LogP contribution in [0.1, 0.15) is 35.5 Å². The number of rotatable bonds is 1. The number of benzene rings is 1. The first kappa shape index (κ1) is 13.4. The smallest absolute Gasteiger partial charge is 0.261 e. The lowest BCUT2D eigenvalue weighted by Crippen LogP contribution is -2.29. The first-order valence-corrected chi connectivity index (χ1v) is 7.33. The summed E-state index contributed by atoms with van der Waals surface area (Å²) in [5.74, 6) is 0.751. The molecular weight excluding hydrogens is 272 g/mol. The van der Waals surface area contributed by atoms with Gasteiger partial charge in [0.25, 0.3) is 5.56 Å². The molecule has 1 aromatic heterocycles. The van der Waals surface area contributed by atoms with E-state index in [1.165, 1.54) is 0 Å². The van der Waals surface area contributed by atoms with Gasteiger partial charge in [-0.2, -0.15) is 0 Å². The number of halogens is 1. The molecule has 1 aliphatic carbocycles. The molecule has 0 saturated carbocycles. The van der Waals surface area contributed by atoms with E-state index >= 15 is 0 Å². The third kappa shape index (κ3) is 2.16. The van der Waals surface area contributed by atoms with Gasteiger partial charge in [0.05, 0.1) is 11.4 Å². The van der Waals surface area contributed by atoms with Crippen LogP contribution in [0.5, 0.6) is 0 Å². The lowest BCUT2D eigenvalue weighted by Gasteiger charge is -2.19. The first-order chi connectivity index (χ1) is 9.58. The maximum Gasteiger partial charge on any atom is 0.261 e. The summed E-state index contributed by atoms with van der Waals surface area (Å²) >= 11 is 6.00. The Labute approximate surface area is 123 Å². The van der Waals surface area contributed by atoms with Crippen LogP contribution in [-0.4, -0.2) is 9.55 Å². The molecule has 4 heteroatoms. The largest absolute Gasteiger partial charge is 0.269 e. The van der Waals surface area contributed by atoms with Gasteiger partial charge < -0.3 is 0 Å². The highest BCUT2D eigenvalue weighted by Crippen LogP contribution is 2.21. The highest BCUT2D eigenvalue weighted by Gasteiger charge is 2.19. The molecule has 3 nitrogen and oxygen atoms in total. The van der Waals surface area contributed by atoms with Gasteiger partial charge in [0.15, 0.2) is 0 Å². The van der Waals surface area contributed by atoms with Crippen LogP contribution in [0.3, 0.4) is 0 Å². The summed E-state index contributed by atoms with van der Waals surface area (Å²) in [7, 11) is 0. The van der Waals surface area contributed by atoms with Crippen LogP contribution in [0.2, 0.25) is 5.02 Å². The van der Waals surface area contributed by atoms with Crippen LogP contribution in [0, 0.1) is 13.8 Å². The predicted octanol–water partition coefficient (Wildman–Crippen LogP) is 3.38. The molecule has 3 rings (SSSR count). The second kappa shape index (κ2) is 5.06. The summed E-state index contributed by atoms with van der Waals surface area (Å²) in [5.41, 5.74) is 3.81. The third-order valence-electron chi connectivity index (χ3n) is 3.92. The zero-order chi connectivity index (χ0) is 14.3. The summed E-state index contributed by atoms with van der Waals surface area (Å²) in [6.45, 7) is 3.86. The average molecular weight is 289 g/mol. The highest BCUT2D eigenvalue weighted by molar-refractivity contribution is 6.30. The van der Waals surface area contributed by atoms with E-state index in [9.17, 15) is 4.79 Å². The SMILES string of the molecule is Cc1cc(Cl)ccc1-n1c(C)nc2c(c1=O)CCCC2. The van der Waals surface area contributed by atoms with E-state index in [1.54, 1.807) is 4.57 Å². The van der Waals surface area contributed by atoms with Crippen molar-refractivity contribution in [3.05, 3.63) is 56.2 Å². The summed E-state index contributed by atoms with van der Waals surface area (Å²) in [4.78, 5) is 17.4. The van der Waals surface area contributed by atoms with Crippen molar-refractivity contribution in [3.63, 3.8) is 0 Å². The van der Waals surface area contributed by atoms with E-state index in [1.807, 2.05) is 32.0 Å². The van der Waals surface area contributed by atoms with Crippen molar-refractivity contribution in [1.29, 1.82) is 0 Å². The molecule has 0 N–H and O–H groups in total. The van der Waals surface area contributed by atoms with Gasteiger partial charge in [-0.15, -0.1) is 0 Å². The van der Waals surface area contributed by atoms with Crippen molar-refractivity contribution in [1.82, 2.24) is 9.55 Å². The van der Waals surface area contributed by atoms with Crippen LogP contribution in [0.25, 0.3) is 5.69 Å². The summed E-state index contributed by atoms with van der Waals surface area (Å²) in [5, 5.41) is 0.683. The summed E-state index contributed by atoms with van der Waals surface area (Å²) < 4.78 is 1.72. The van der Waals surface area contributed by atoms with Gasteiger partial charge in [0.1, 0.15) is 5.82 Å². The van der Waals surface area contributed by atoms with E-state index in [2.05, 4.69) is 4.98 Å². The maximum absolute atomic E-state index is 12.8. The second-order valence-corrected chi connectivity index (χ2v) is 5.80. The number of hydrogen-bond acceptors (Lipinski definition) is 2. The minimum absolute atomic E-state index is 0.0811. The minimum atomic E-state index is 0.0811. The Morgan fingerprint density at radius 2 is 1.95 bits per heavy atom. The van der Waals surface area contributed by atoms with Crippen molar-refractivity contribution >= 4 is 11.6 Å². The molecule has 1 aliphatic rings. The number of aryl methyl sites for hydroxylation is 3. The minimum Gasteiger partial charge on any atom is -0.269 e. The molecule has 2 aromatic rings. The molecule has 0 amide bonds. The van der Waals surface area contributed by atoms with Gasteiger partial charge in [-0.25, -0.2) is 4.98 Å². The van der Waals surface area contributed by atoms with Gasteiger partial charge in [0.2, 0.25) is 0 Å². The molecule has 0 saturated heterocycles. The molecule has 20 heavy (non-hydrogen) atoms. The normalized spacial score (nSPS) is 14.2. The van der Waals surface area contributed by atoms with Crippen molar-refractivity contribution in [2.24, 2.45) is 0 Å². The molecule has 1 heterocycles. The summed E-state index contributed by atoms with van der Waals surface area (Å²) in [6, 6.07) is 5.58. The molecular formula is C16H17ClN2O. The zero-order valence-corrected chi connectivity index (χ0v) is 12.5. The highest BCUT2D eigenvalue weighted by atomic mass is 35.5. The van der Waals surface area contributed by atoms with Crippen molar-refractivity contribution in [2.75, 3.05) is 0 Å². The van der Waals surface area contributed by atoms with Crippen LogP contribution in [0.15, 0.2) is 23.0 Å². The third-order valence-corrected chi connectivity index (χ3v) is 4.16. The number of fused-ring (bicyclic) bond motifs is 1. The van der Waals surface area contributed by atoms with Gasteiger partial charge in [0, 0.05) is 10.6 Å². The first-order valence-electron chi connectivity index (χ1n) is 6.96. The van der Waals surface area contributed by atoms with Gasteiger partial charge in [-0.3, -0.25) is 9.36 Å². The molecule has 0 aliphatic heterocycles. The predicted molar refractivity (Wildman–Crippen MR) is 81.0 cm³/mol. The molecule has 0 radical (unpaired) electrons. The maximum atomic E-state index is 12.8. The Morgan fingerprint density at radius 3 is 2.70 bits per heavy atom. The fourth-order valence-electron chi connectivity index (χ4n) is 2.92. The van der Waals surface area contributed by atoms with Crippen LogP contribution in [0.4, 0.5) is 0 Å². The van der Waals surface area contributed by atoms with E-state index in [0.717, 1.165) is 54.0 Å². The Hall–Kier alpha value is -1.61. The van der Waals surface area contributed by atoms with Gasteiger partial charge in [-0.05, 0) is 63.3 Å². The topological polar surface area (TPSA) is 34.9 Å². The number of hydrogen-bond donors (Lipinski definition) is 0. The molecule has 1 aromatic carbocycles. The van der Waals surface area contributed by atoms with Crippen LogP contribution >= 0.6 is 11.6 Å². The van der Waals surface area contributed by atoms with E-state index in [-0.39, 0.29) is 5.56 Å². The van der Waals surface area contributed by atoms with E-state index < -0.39 is 0 Å². The van der Waals surface area contributed by atoms with Crippen molar-refractivity contribution in [2.45, 2.75) is 39.5 Å². The Bertz CT molecular complexity index is 734. The standard InChI is InChI=1S/C16H17ClN2O/c1-10-9-12(17)7-8-15(10)19-11(2)18-14-6-4-3-5-13(14)16(19)20/h7-9H,3-6H2,1-2H3. The summed E-state index contributed by atoms with van der Waals surface area (Å²) in [6.07, 6.45) is 3.97. The quantitative estimate of drug-likeness (QED) is 0.806. The van der Waals surface area contributed by atoms with E-state index in [4.69, 9.17) is 11.6 Å². The lowest BCUT2D eigenvalue weighted by molar-refractivity contribution is 0.639. The fourth-order valence-corrected chi connectivity index (χ4v) is 3.15. The Balaban J connectivity index is 2.26. The fraction of sp³-hybridized carbons (Fsp3) is 0.375. The zero-order valence-electron chi connectivity index (χ0n) is 11.7. The molecule has 104 valence electrons. The van der Waals surface area contributed by atoms with Gasteiger partial charge >= 0.3 is 0 Å². The Kier molecular flexibility index (Phi) is 3.38. The number of nitrogens with zero attached hydrogens (tertiary/aromatic N) is 2. The van der Waals surface area contributed by atoms with Crippen molar-refractivity contribution in [3.8, 4) is 5.69 Å². The van der Waals surface area contributed by atoms with Crippen LogP contribution in [-0.2, 0) is 12.8 Å². The molecule has 0 unspecified atom stereocenters. The number of aromatic nitrogens is 2. The average Bonchev–Trinajstić information content (AvgIpc) is 2.41. The second-order valence-electron chi connectivity index (χ2n) is 5.36. The van der Waals surface area contributed by atoms with Crippen LogP contribution < -0.4 is 5.56 Å². The van der Waals surface area contributed by atoms with E-state index in [0.29, 0.717) is 5.02 Å². The molecule has 0 fully saturated rings. The molecule has 0 bridgehead atoms. The monoisotopic (exact) mass is 288 g/mol. The Morgan fingerprint density at radius 1 is 1.20 bits per heavy atom. The lowest BCUT2D eigenvalue weighted by atomic mass is 9.97. The van der Waals surface area contributed by atoms with Crippen molar-refractivity contribution < 1.29 is 0 Å². The molecule has 0 atom stereocenters.